The number of hydrogen-bond acceptors (Lipinski definition) is 3. The van der Waals surface area contributed by atoms with Crippen LogP contribution in [0.5, 0.6) is 0 Å². The van der Waals surface area contributed by atoms with Gasteiger partial charge in [-0.2, -0.15) is 0 Å². The third-order valence-corrected chi connectivity index (χ3v) is 2.71. The van der Waals surface area contributed by atoms with E-state index in [1.165, 1.54) is 19.3 Å². The Morgan fingerprint density at radius 1 is 1.13 bits per heavy atom. The van der Waals surface area contributed by atoms with Gasteiger partial charge in [0, 0.05) is 12.6 Å². The molecule has 0 saturated carbocycles. The van der Waals surface area contributed by atoms with Crippen molar-refractivity contribution in [3.8, 4) is 0 Å². The van der Waals surface area contributed by atoms with Crippen molar-refractivity contribution in [1.29, 1.82) is 0 Å². The fourth-order valence-corrected chi connectivity index (χ4v) is 1.69. The van der Waals surface area contributed by atoms with E-state index in [-0.39, 0.29) is 12.1 Å². The molecule has 0 aliphatic rings. The number of rotatable bonds is 10. The topological polar surface area (TPSA) is 61.3 Å². The molecular weight excluding hydrogens is 188 g/mol. The van der Waals surface area contributed by atoms with Crippen LogP contribution >= 0.6 is 0 Å². The molecule has 3 nitrogen and oxygen atoms in total. The van der Waals surface area contributed by atoms with E-state index in [2.05, 4.69) is 13.8 Å². The average Bonchev–Trinajstić information content (AvgIpc) is 2.23. The van der Waals surface area contributed by atoms with Crippen LogP contribution in [0.2, 0.25) is 0 Å². The maximum Gasteiger partial charge on any atom is 0.0723 e. The van der Waals surface area contributed by atoms with Crippen LogP contribution in [0, 0.1) is 0 Å². The SMILES string of the molecule is CCCCCCOC(CC)C(N)CCN. The molecule has 2 atom stereocenters. The molecule has 2 unspecified atom stereocenters. The molecule has 92 valence electrons. The molecule has 0 fully saturated rings. The fourth-order valence-electron chi connectivity index (χ4n) is 1.69. The average molecular weight is 216 g/mol. The van der Waals surface area contributed by atoms with Crippen LogP contribution in [0.3, 0.4) is 0 Å². The van der Waals surface area contributed by atoms with Crippen molar-refractivity contribution < 1.29 is 4.74 Å². The Morgan fingerprint density at radius 2 is 1.87 bits per heavy atom. The monoisotopic (exact) mass is 216 g/mol. The van der Waals surface area contributed by atoms with Gasteiger partial charge in [0.15, 0.2) is 0 Å². The molecular formula is C12H28N2O. The van der Waals surface area contributed by atoms with Crippen molar-refractivity contribution in [2.45, 2.75) is 64.5 Å². The number of ether oxygens (including phenoxy) is 1. The van der Waals surface area contributed by atoms with E-state index in [1.54, 1.807) is 0 Å². The Balaban J connectivity index is 3.51. The molecule has 4 N–H and O–H groups in total. The second kappa shape index (κ2) is 10.4. The highest BCUT2D eigenvalue weighted by atomic mass is 16.5. The number of nitrogens with two attached hydrogens (primary N) is 2. The zero-order chi connectivity index (χ0) is 11.5. The van der Waals surface area contributed by atoms with E-state index < -0.39 is 0 Å². The summed E-state index contributed by atoms with van der Waals surface area (Å²) in [6.45, 7) is 5.83. The van der Waals surface area contributed by atoms with Gasteiger partial charge in [0.25, 0.3) is 0 Å². The van der Waals surface area contributed by atoms with Crippen LogP contribution in [0.4, 0.5) is 0 Å². The van der Waals surface area contributed by atoms with E-state index in [4.69, 9.17) is 16.2 Å². The predicted molar refractivity (Wildman–Crippen MR) is 65.8 cm³/mol. The van der Waals surface area contributed by atoms with Crippen molar-refractivity contribution >= 4 is 0 Å². The molecule has 0 aromatic carbocycles. The molecule has 0 bridgehead atoms. The van der Waals surface area contributed by atoms with Crippen LogP contribution in [0.25, 0.3) is 0 Å². The fraction of sp³-hybridized carbons (Fsp3) is 1.00. The van der Waals surface area contributed by atoms with Gasteiger partial charge in [-0.3, -0.25) is 0 Å². The molecule has 0 amide bonds. The van der Waals surface area contributed by atoms with E-state index >= 15 is 0 Å². The van der Waals surface area contributed by atoms with Crippen molar-refractivity contribution in [2.24, 2.45) is 11.5 Å². The lowest BCUT2D eigenvalue weighted by Crippen LogP contribution is -2.38. The van der Waals surface area contributed by atoms with Gasteiger partial charge in [0.2, 0.25) is 0 Å². The zero-order valence-corrected chi connectivity index (χ0v) is 10.4. The van der Waals surface area contributed by atoms with Crippen molar-refractivity contribution in [3.63, 3.8) is 0 Å². The summed E-state index contributed by atoms with van der Waals surface area (Å²) in [5, 5.41) is 0. The molecule has 0 saturated heterocycles. The minimum absolute atomic E-state index is 0.103. The van der Waals surface area contributed by atoms with Crippen LogP contribution < -0.4 is 11.5 Å². The number of hydrogen-bond donors (Lipinski definition) is 2. The van der Waals surface area contributed by atoms with Gasteiger partial charge in [-0.1, -0.05) is 33.1 Å². The second-order valence-corrected chi connectivity index (χ2v) is 4.12. The standard InChI is InChI=1S/C12H28N2O/c1-3-5-6-7-10-15-12(4-2)11(14)8-9-13/h11-12H,3-10,13-14H2,1-2H3. The molecule has 0 aromatic heterocycles. The molecule has 0 aliphatic heterocycles. The minimum atomic E-state index is 0.103. The van der Waals surface area contributed by atoms with Gasteiger partial charge in [0.05, 0.1) is 6.10 Å². The highest BCUT2D eigenvalue weighted by Gasteiger charge is 2.15. The zero-order valence-electron chi connectivity index (χ0n) is 10.4. The lowest BCUT2D eigenvalue weighted by atomic mass is 10.1. The van der Waals surface area contributed by atoms with E-state index in [0.29, 0.717) is 6.54 Å². The highest BCUT2D eigenvalue weighted by molar-refractivity contribution is 4.72. The summed E-state index contributed by atoms with van der Waals surface area (Å²) >= 11 is 0. The molecule has 0 rings (SSSR count). The molecule has 0 spiro atoms. The van der Waals surface area contributed by atoms with Crippen LogP contribution in [-0.2, 0) is 4.74 Å². The summed E-state index contributed by atoms with van der Waals surface area (Å²) in [6.07, 6.45) is 7.01. The third-order valence-electron chi connectivity index (χ3n) is 2.71. The Hall–Kier alpha value is -0.120. The largest absolute Gasteiger partial charge is 0.377 e. The van der Waals surface area contributed by atoms with Crippen LogP contribution in [-0.4, -0.2) is 25.3 Å². The lowest BCUT2D eigenvalue weighted by Gasteiger charge is -2.22. The summed E-state index contributed by atoms with van der Waals surface area (Å²) in [7, 11) is 0. The molecule has 3 heteroatoms. The summed E-state index contributed by atoms with van der Waals surface area (Å²) < 4.78 is 5.77. The van der Waals surface area contributed by atoms with Gasteiger partial charge in [-0.05, 0) is 25.8 Å². The number of unbranched alkanes of at least 4 members (excludes halogenated alkanes) is 3. The van der Waals surface area contributed by atoms with Gasteiger partial charge in [0.1, 0.15) is 0 Å². The van der Waals surface area contributed by atoms with Crippen LogP contribution in [0.15, 0.2) is 0 Å². The highest BCUT2D eigenvalue weighted by Crippen LogP contribution is 2.07. The third kappa shape index (κ3) is 7.77. The Kier molecular flexibility index (Phi) is 10.3. The molecule has 0 radical (unpaired) electrons. The lowest BCUT2D eigenvalue weighted by molar-refractivity contribution is 0.0294. The first kappa shape index (κ1) is 14.9. The van der Waals surface area contributed by atoms with Crippen LogP contribution in [0.1, 0.15) is 52.4 Å². The van der Waals surface area contributed by atoms with Gasteiger partial charge >= 0.3 is 0 Å². The van der Waals surface area contributed by atoms with Crippen molar-refractivity contribution in [1.82, 2.24) is 0 Å². The second-order valence-electron chi connectivity index (χ2n) is 4.12. The van der Waals surface area contributed by atoms with Crippen molar-refractivity contribution in [3.05, 3.63) is 0 Å². The molecule has 15 heavy (non-hydrogen) atoms. The summed E-state index contributed by atoms with van der Waals surface area (Å²) in [6, 6.07) is 0.103. The van der Waals surface area contributed by atoms with Crippen molar-refractivity contribution in [2.75, 3.05) is 13.2 Å². The first-order valence-electron chi connectivity index (χ1n) is 6.33. The Labute approximate surface area is 94.5 Å². The van der Waals surface area contributed by atoms with E-state index in [1.807, 2.05) is 0 Å². The molecule has 0 heterocycles. The summed E-state index contributed by atoms with van der Waals surface area (Å²) in [5.74, 6) is 0. The van der Waals surface area contributed by atoms with E-state index in [0.717, 1.165) is 25.9 Å². The summed E-state index contributed by atoms with van der Waals surface area (Å²) in [4.78, 5) is 0. The van der Waals surface area contributed by atoms with Gasteiger partial charge in [-0.15, -0.1) is 0 Å². The molecule has 0 aliphatic carbocycles. The minimum Gasteiger partial charge on any atom is -0.377 e. The van der Waals surface area contributed by atoms with E-state index in [9.17, 15) is 0 Å². The Morgan fingerprint density at radius 3 is 2.40 bits per heavy atom. The predicted octanol–water partition coefficient (Wildman–Crippen LogP) is 2.04. The maximum atomic E-state index is 5.97. The maximum absolute atomic E-state index is 5.97. The quantitative estimate of drug-likeness (QED) is 0.549. The first-order chi connectivity index (χ1) is 7.26. The smallest absolute Gasteiger partial charge is 0.0723 e. The van der Waals surface area contributed by atoms with Gasteiger partial charge < -0.3 is 16.2 Å². The first-order valence-corrected chi connectivity index (χ1v) is 6.33. The Bertz CT molecular complexity index is 131. The normalized spacial score (nSPS) is 15.2. The summed E-state index contributed by atoms with van der Waals surface area (Å²) in [5.41, 5.74) is 11.5. The molecule has 0 aromatic rings. The van der Waals surface area contributed by atoms with Gasteiger partial charge in [-0.25, -0.2) is 0 Å².